The lowest BCUT2D eigenvalue weighted by Crippen LogP contribution is -2.46. The predicted octanol–water partition coefficient (Wildman–Crippen LogP) is 0.199. The van der Waals surface area contributed by atoms with Gasteiger partial charge < -0.3 is 16.6 Å². The van der Waals surface area contributed by atoms with Crippen LogP contribution in [0.5, 0.6) is 0 Å². The highest BCUT2D eigenvalue weighted by molar-refractivity contribution is 6.13. The van der Waals surface area contributed by atoms with E-state index in [0.717, 1.165) is 24.3 Å². The van der Waals surface area contributed by atoms with E-state index in [0.29, 0.717) is 4.90 Å². The Balaban J connectivity index is 2.97. The summed E-state index contributed by atoms with van der Waals surface area (Å²) < 4.78 is 0. The van der Waals surface area contributed by atoms with Crippen LogP contribution >= 0.6 is 0 Å². The second-order valence-electron chi connectivity index (χ2n) is 4.34. The molecule has 22 heavy (non-hydrogen) atoms. The van der Waals surface area contributed by atoms with Crippen LogP contribution in [-0.2, 0) is 9.59 Å². The summed E-state index contributed by atoms with van der Waals surface area (Å²) >= 11 is 0. The van der Waals surface area contributed by atoms with Crippen LogP contribution in [0, 0.1) is 10.1 Å². The maximum Gasteiger partial charge on any atom is 0.418 e. The number of nitro groups is 1. The van der Waals surface area contributed by atoms with Crippen LogP contribution in [0.4, 0.5) is 16.2 Å². The minimum absolute atomic E-state index is 0.0855. The Bertz CT molecular complexity index is 600. The Morgan fingerprint density at radius 3 is 2.23 bits per heavy atom. The van der Waals surface area contributed by atoms with Crippen LogP contribution < -0.4 is 16.4 Å². The molecule has 1 atom stereocenters. The first kappa shape index (κ1) is 17.0. The van der Waals surface area contributed by atoms with E-state index in [1.54, 1.807) is 0 Å². The number of amides is 3. The number of carbonyl (C=O) groups is 3. The molecule has 5 N–H and O–H groups in total. The van der Waals surface area contributed by atoms with Crippen LogP contribution in [-0.4, -0.2) is 34.0 Å². The van der Waals surface area contributed by atoms with Gasteiger partial charge >= 0.3 is 6.09 Å². The summed E-state index contributed by atoms with van der Waals surface area (Å²) in [4.78, 5) is 44.2. The van der Waals surface area contributed by atoms with Crippen molar-refractivity contribution in [1.82, 2.24) is 0 Å². The van der Waals surface area contributed by atoms with Gasteiger partial charge in [-0.3, -0.25) is 19.7 Å². The summed E-state index contributed by atoms with van der Waals surface area (Å²) in [6.07, 6.45) is -1.86. The van der Waals surface area contributed by atoms with Crippen molar-refractivity contribution >= 4 is 29.3 Å². The number of nitrogens with two attached hydrogens (primary N) is 2. The standard InChI is InChI=1S/C12H14N4O6/c13-9(5-6-10(14)17)11(18)15(12(19)20)7-1-3-8(4-2-7)16(21)22/h1-4,9H,5-6,13H2,(H2,14,17)(H,19,20)/t9-/m0/s1. The van der Waals surface area contributed by atoms with Gasteiger partial charge in [-0.05, 0) is 18.6 Å². The lowest BCUT2D eigenvalue weighted by molar-refractivity contribution is -0.384. The second-order valence-corrected chi connectivity index (χ2v) is 4.34. The summed E-state index contributed by atoms with van der Waals surface area (Å²) in [6, 6.07) is 3.12. The molecule has 1 aromatic carbocycles. The summed E-state index contributed by atoms with van der Waals surface area (Å²) in [7, 11) is 0. The molecule has 0 spiro atoms. The number of benzene rings is 1. The van der Waals surface area contributed by atoms with Crippen LogP contribution in [0.1, 0.15) is 12.8 Å². The van der Waals surface area contributed by atoms with Gasteiger partial charge in [0.1, 0.15) is 0 Å². The number of carboxylic acid groups (broad SMARTS) is 1. The Labute approximate surface area is 124 Å². The maximum atomic E-state index is 12.1. The molecule has 1 rings (SSSR count). The largest absolute Gasteiger partial charge is 0.464 e. The smallest absolute Gasteiger partial charge is 0.418 e. The van der Waals surface area contributed by atoms with Gasteiger partial charge in [-0.2, -0.15) is 0 Å². The molecule has 1 aromatic rings. The normalized spacial score (nSPS) is 11.5. The molecule has 0 fully saturated rings. The number of hydrogen-bond acceptors (Lipinski definition) is 6. The molecule has 0 unspecified atom stereocenters. The first-order valence-corrected chi connectivity index (χ1v) is 6.09. The highest BCUT2D eigenvalue weighted by atomic mass is 16.6. The first-order chi connectivity index (χ1) is 10.2. The third-order valence-corrected chi connectivity index (χ3v) is 2.75. The van der Waals surface area contributed by atoms with Crippen molar-refractivity contribution in [3.63, 3.8) is 0 Å². The van der Waals surface area contributed by atoms with Crippen molar-refractivity contribution in [2.24, 2.45) is 11.5 Å². The number of rotatable bonds is 6. The van der Waals surface area contributed by atoms with Crippen LogP contribution in [0.15, 0.2) is 24.3 Å². The van der Waals surface area contributed by atoms with E-state index in [9.17, 15) is 24.5 Å². The van der Waals surface area contributed by atoms with Gasteiger partial charge in [-0.25, -0.2) is 9.69 Å². The molecular weight excluding hydrogens is 296 g/mol. The van der Waals surface area contributed by atoms with Gasteiger partial charge in [0.05, 0.1) is 16.7 Å². The molecule has 0 aliphatic heterocycles. The van der Waals surface area contributed by atoms with E-state index in [1.807, 2.05) is 0 Å². The minimum Gasteiger partial charge on any atom is -0.464 e. The zero-order valence-electron chi connectivity index (χ0n) is 11.3. The highest BCUT2D eigenvalue weighted by Crippen LogP contribution is 2.20. The van der Waals surface area contributed by atoms with Gasteiger partial charge in [0.25, 0.3) is 11.6 Å². The zero-order valence-corrected chi connectivity index (χ0v) is 11.3. The summed E-state index contributed by atoms with van der Waals surface area (Å²) in [5.74, 6) is -1.62. The van der Waals surface area contributed by atoms with Crippen molar-refractivity contribution in [3.8, 4) is 0 Å². The second kappa shape index (κ2) is 7.13. The molecule has 0 aliphatic carbocycles. The van der Waals surface area contributed by atoms with E-state index in [4.69, 9.17) is 16.6 Å². The Kier molecular flexibility index (Phi) is 5.52. The first-order valence-electron chi connectivity index (χ1n) is 6.09. The fraction of sp³-hybridized carbons (Fsp3) is 0.250. The van der Waals surface area contributed by atoms with Gasteiger partial charge in [0.15, 0.2) is 0 Å². The summed E-state index contributed by atoms with van der Waals surface area (Å²) in [5.41, 5.74) is 10.1. The number of nitrogens with zero attached hydrogens (tertiary/aromatic N) is 2. The molecule has 118 valence electrons. The fourth-order valence-electron chi connectivity index (χ4n) is 1.64. The third kappa shape index (κ3) is 4.24. The number of nitro benzene ring substituents is 1. The van der Waals surface area contributed by atoms with E-state index in [2.05, 4.69) is 0 Å². The zero-order chi connectivity index (χ0) is 16.9. The summed E-state index contributed by atoms with van der Waals surface area (Å²) in [5, 5.41) is 19.7. The molecule has 10 nitrogen and oxygen atoms in total. The van der Waals surface area contributed by atoms with E-state index in [1.165, 1.54) is 0 Å². The van der Waals surface area contributed by atoms with E-state index < -0.39 is 28.9 Å². The predicted molar refractivity (Wildman–Crippen MR) is 75.0 cm³/mol. The third-order valence-electron chi connectivity index (χ3n) is 2.75. The molecule has 0 radical (unpaired) electrons. The van der Waals surface area contributed by atoms with E-state index in [-0.39, 0.29) is 24.2 Å². The molecule has 0 saturated heterocycles. The lowest BCUT2D eigenvalue weighted by Gasteiger charge is -2.20. The number of anilines is 1. The van der Waals surface area contributed by atoms with Crippen molar-refractivity contribution in [1.29, 1.82) is 0 Å². The number of imide groups is 1. The Morgan fingerprint density at radius 1 is 1.27 bits per heavy atom. The molecule has 0 heterocycles. The number of carbonyl (C=O) groups excluding carboxylic acids is 2. The topological polar surface area (TPSA) is 170 Å². The Hall–Kier alpha value is -3.01. The van der Waals surface area contributed by atoms with Gasteiger partial charge in [-0.1, -0.05) is 0 Å². The number of primary amides is 1. The quantitative estimate of drug-likeness (QED) is 0.497. The maximum absolute atomic E-state index is 12.1. The van der Waals surface area contributed by atoms with Crippen LogP contribution in [0.2, 0.25) is 0 Å². The SMILES string of the molecule is NC(=O)CC[C@H](N)C(=O)N(C(=O)O)c1ccc([N+](=O)[O-])cc1. The number of hydrogen-bond donors (Lipinski definition) is 3. The van der Waals surface area contributed by atoms with Gasteiger partial charge in [-0.15, -0.1) is 0 Å². The fourth-order valence-corrected chi connectivity index (χ4v) is 1.64. The van der Waals surface area contributed by atoms with Gasteiger partial charge in [0, 0.05) is 18.6 Å². The van der Waals surface area contributed by atoms with Crippen molar-refractivity contribution in [2.75, 3.05) is 4.90 Å². The Morgan fingerprint density at radius 2 is 1.82 bits per heavy atom. The van der Waals surface area contributed by atoms with Crippen LogP contribution in [0.3, 0.4) is 0 Å². The molecule has 0 aliphatic rings. The van der Waals surface area contributed by atoms with Crippen molar-refractivity contribution in [2.45, 2.75) is 18.9 Å². The van der Waals surface area contributed by atoms with Crippen molar-refractivity contribution < 1.29 is 24.4 Å². The average molecular weight is 310 g/mol. The highest BCUT2D eigenvalue weighted by Gasteiger charge is 2.28. The van der Waals surface area contributed by atoms with E-state index >= 15 is 0 Å². The van der Waals surface area contributed by atoms with Gasteiger partial charge in [0.2, 0.25) is 5.91 Å². The average Bonchev–Trinajstić information content (AvgIpc) is 2.44. The summed E-state index contributed by atoms with van der Waals surface area (Å²) in [6.45, 7) is 0. The molecule has 0 saturated carbocycles. The molecule has 0 bridgehead atoms. The molecule has 0 aromatic heterocycles. The van der Waals surface area contributed by atoms with Crippen molar-refractivity contribution in [3.05, 3.63) is 34.4 Å². The monoisotopic (exact) mass is 310 g/mol. The molecule has 10 heteroatoms. The minimum atomic E-state index is -1.59. The molecule has 3 amide bonds. The number of non-ortho nitro benzene ring substituents is 1. The lowest BCUT2D eigenvalue weighted by atomic mass is 10.1. The van der Waals surface area contributed by atoms with Crippen LogP contribution in [0.25, 0.3) is 0 Å². The molecular formula is C12H14N4O6.